The third-order valence-electron chi connectivity index (χ3n) is 1.96. The van der Waals surface area contributed by atoms with Gasteiger partial charge in [0, 0.05) is 0 Å². The Morgan fingerprint density at radius 1 is 1.27 bits per heavy atom. The maximum absolute atomic E-state index is 12.5. The Bertz CT molecular complexity index is 313. The van der Waals surface area contributed by atoms with Crippen molar-refractivity contribution in [3.05, 3.63) is 35.6 Å². The van der Waals surface area contributed by atoms with Gasteiger partial charge in [-0.25, -0.2) is 4.39 Å². The molecule has 5 heteroatoms. The van der Waals surface area contributed by atoms with Crippen LogP contribution in [0.2, 0.25) is 0 Å². The van der Waals surface area contributed by atoms with E-state index in [1.807, 2.05) is 0 Å². The first-order chi connectivity index (χ1) is 7.18. The first kappa shape index (κ1) is 12.3. The second-order valence-electron chi connectivity index (χ2n) is 3.12. The Morgan fingerprint density at radius 3 is 2.53 bits per heavy atom. The van der Waals surface area contributed by atoms with Gasteiger partial charge in [0.15, 0.2) is 0 Å². The van der Waals surface area contributed by atoms with Gasteiger partial charge in [0.1, 0.15) is 5.82 Å². The minimum Gasteiger partial charge on any atom is -0.284 e. The number of hydrogen-bond donors (Lipinski definition) is 1. The van der Waals surface area contributed by atoms with Crippen LogP contribution >= 0.6 is 0 Å². The van der Waals surface area contributed by atoms with Gasteiger partial charge in [-0.3, -0.25) is 8.74 Å². The number of halogens is 1. The minimum absolute atomic E-state index is 0.238. The summed E-state index contributed by atoms with van der Waals surface area (Å²) in [5.41, 5.74) is 1.06. The first-order valence-corrected chi connectivity index (χ1v) is 5.70. The van der Waals surface area contributed by atoms with Crippen molar-refractivity contribution in [3.8, 4) is 0 Å². The molecule has 0 aliphatic heterocycles. The lowest BCUT2D eigenvalue weighted by atomic mass is 10.1. The van der Waals surface area contributed by atoms with Crippen LogP contribution in [0, 0.1) is 5.82 Å². The normalized spacial score (nSPS) is 12.7. The molecule has 0 fully saturated rings. The van der Waals surface area contributed by atoms with Gasteiger partial charge in [-0.1, -0.05) is 12.1 Å². The van der Waals surface area contributed by atoms with Crippen LogP contribution in [0.15, 0.2) is 24.3 Å². The summed E-state index contributed by atoms with van der Waals surface area (Å²) in [5, 5.41) is 0. The van der Waals surface area contributed by atoms with Crippen LogP contribution in [-0.2, 0) is 22.0 Å². The predicted molar refractivity (Wildman–Crippen MR) is 56.1 cm³/mol. The lowest BCUT2D eigenvalue weighted by Gasteiger charge is -2.01. The van der Waals surface area contributed by atoms with Gasteiger partial charge in [-0.15, -0.1) is 0 Å². The van der Waals surface area contributed by atoms with E-state index in [0.717, 1.165) is 18.4 Å². The smallest absolute Gasteiger partial charge is 0.284 e. The SMILES string of the molecule is O=S(O)OCCCCc1ccc(F)cc1. The number of rotatable bonds is 6. The molecular formula is C10H13FO3S. The van der Waals surface area contributed by atoms with Crippen LogP contribution in [0.4, 0.5) is 4.39 Å². The molecular weight excluding hydrogens is 219 g/mol. The second-order valence-corrected chi connectivity index (χ2v) is 3.79. The van der Waals surface area contributed by atoms with Crippen LogP contribution in [-0.4, -0.2) is 15.4 Å². The summed E-state index contributed by atoms with van der Waals surface area (Å²) in [7, 11) is 0. The van der Waals surface area contributed by atoms with E-state index in [4.69, 9.17) is 4.55 Å². The van der Waals surface area contributed by atoms with Gasteiger partial charge in [-0.05, 0) is 37.0 Å². The van der Waals surface area contributed by atoms with E-state index in [2.05, 4.69) is 4.18 Å². The van der Waals surface area contributed by atoms with Crippen LogP contribution in [0.1, 0.15) is 18.4 Å². The minimum atomic E-state index is -2.17. The molecule has 0 saturated carbocycles. The maximum Gasteiger partial charge on any atom is 0.301 e. The van der Waals surface area contributed by atoms with Crippen molar-refractivity contribution in [2.75, 3.05) is 6.61 Å². The van der Waals surface area contributed by atoms with Crippen LogP contribution in [0.25, 0.3) is 0 Å². The molecule has 0 radical (unpaired) electrons. The summed E-state index contributed by atoms with van der Waals surface area (Å²) in [6, 6.07) is 6.32. The fourth-order valence-corrected chi connectivity index (χ4v) is 1.47. The van der Waals surface area contributed by atoms with E-state index >= 15 is 0 Å². The number of benzene rings is 1. The number of aryl methyl sites for hydroxylation is 1. The van der Waals surface area contributed by atoms with Crippen molar-refractivity contribution in [2.45, 2.75) is 19.3 Å². The van der Waals surface area contributed by atoms with E-state index in [0.29, 0.717) is 6.42 Å². The molecule has 84 valence electrons. The Labute approximate surface area is 90.8 Å². The molecule has 3 nitrogen and oxygen atoms in total. The van der Waals surface area contributed by atoms with E-state index in [9.17, 15) is 8.60 Å². The summed E-state index contributed by atoms with van der Waals surface area (Å²) in [5.74, 6) is -0.238. The Morgan fingerprint density at radius 2 is 1.93 bits per heavy atom. The summed E-state index contributed by atoms with van der Waals surface area (Å²) in [4.78, 5) is 0. The zero-order chi connectivity index (χ0) is 11.1. The van der Waals surface area contributed by atoms with E-state index < -0.39 is 11.4 Å². The third-order valence-corrected chi connectivity index (χ3v) is 2.33. The quantitative estimate of drug-likeness (QED) is 0.604. The van der Waals surface area contributed by atoms with Crippen LogP contribution < -0.4 is 0 Å². The number of hydrogen-bond acceptors (Lipinski definition) is 2. The van der Waals surface area contributed by atoms with E-state index in [1.54, 1.807) is 12.1 Å². The van der Waals surface area contributed by atoms with Crippen molar-refractivity contribution < 1.29 is 17.3 Å². The molecule has 0 spiro atoms. The summed E-state index contributed by atoms with van der Waals surface area (Å²) in [6.07, 6.45) is 2.38. The first-order valence-electron chi connectivity index (χ1n) is 4.67. The second kappa shape index (κ2) is 6.66. The summed E-state index contributed by atoms with van der Waals surface area (Å²) < 4.78 is 35.4. The third kappa shape index (κ3) is 5.61. The zero-order valence-corrected chi connectivity index (χ0v) is 9.00. The van der Waals surface area contributed by atoms with Gasteiger partial charge in [0.25, 0.3) is 0 Å². The highest BCUT2D eigenvalue weighted by molar-refractivity contribution is 7.74. The van der Waals surface area contributed by atoms with Crippen LogP contribution in [0.3, 0.4) is 0 Å². The van der Waals surface area contributed by atoms with Crippen molar-refractivity contribution in [1.82, 2.24) is 0 Å². The lowest BCUT2D eigenvalue weighted by molar-refractivity contribution is 0.298. The lowest BCUT2D eigenvalue weighted by Crippen LogP contribution is -1.98. The highest BCUT2D eigenvalue weighted by Crippen LogP contribution is 2.06. The van der Waals surface area contributed by atoms with Crippen molar-refractivity contribution in [3.63, 3.8) is 0 Å². The van der Waals surface area contributed by atoms with Crippen molar-refractivity contribution in [2.24, 2.45) is 0 Å². The molecule has 1 atom stereocenters. The molecule has 0 saturated heterocycles. The van der Waals surface area contributed by atoms with Crippen LogP contribution in [0.5, 0.6) is 0 Å². The molecule has 0 amide bonds. The molecule has 0 heterocycles. The molecule has 0 aromatic heterocycles. The van der Waals surface area contributed by atoms with Gasteiger partial charge in [-0.2, -0.15) is 4.21 Å². The average molecular weight is 232 g/mol. The highest BCUT2D eigenvalue weighted by atomic mass is 32.2. The van der Waals surface area contributed by atoms with Gasteiger partial charge >= 0.3 is 11.4 Å². The Kier molecular flexibility index (Phi) is 5.45. The molecule has 1 aromatic carbocycles. The zero-order valence-electron chi connectivity index (χ0n) is 8.19. The van der Waals surface area contributed by atoms with E-state index in [1.165, 1.54) is 12.1 Å². The van der Waals surface area contributed by atoms with Crippen molar-refractivity contribution >= 4 is 11.4 Å². The molecule has 1 unspecified atom stereocenters. The number of unbranched alkanes of at least 4 members (excludes halogenated alkanes) is 1. The molecule has 0 aliphatic rings. The molecule has 1 N–H and O–H groups in total. The van der Waals surface area contributed by atoms with Crippen molar-refractivity contribution in [1.29, 1.82) is 0 Å². The fourth-order valence-electron chi connectivity index (χ4n) is 1.21. The molecule has 1 rings (SSSR count). The highest BCUT2D eigenvalue weighted by Gasteiger charge is 1.96. The Hall–Kier alpha value is -0.780. The maximum atomic E-state index is 12.5. The van der Waals surface area contributed by atoms with Gasteiger partial charge in [0.05, 0.1) is 6.61 Å². The summed E-state index contributed by atoms with van der Waals surface area (Å²) in [6.45, 7) is 0.268. The summed E-state index contributed by atoms with van der Waals surface area (Å²) >= 11 is -2.17. The molecule has 15 heavy (non-hydrogen) atoms. The topological polar surface area (TPSA) is 46.5 Å². The average Bonchev–Trinajstić information content (AvgIpc) is 2.20. The van der Waals surface area contributed by atoms with Gasteiger partial charge < -0.3 is 0 Å². The molecule has 1 aromatic rings. The molecule has 0 aliphatic carbocycles. The van der Waals surface area contributed by atoms with Gasteiger partial charge in [0.2, 0.25) is 0 Å². The van der Waals surface area contributed by atoms with E-state index in [-0.39, 0.29) is 12.4 Å². The monoisotopic (exact) mass is 232 g/mol. The standard InChI is InChI=1S/C10H13FO3S/c11-10-6-4-9(5-7-10)3-1-2-8-14-15(12)13/h4-7H,1-3,8H2,(H,12,13). The fraction of sp³-hybridized carbons (Fsp3) is 0.400. The predicted octanol–water partition coefficient (Wildman–Crippen LogP) is 2.30. The largest absolute Gasteiger partial charge is 0.301 e. The Balaban J connectivity index is 2.15. The molecule has 0 bridgehead atoms.